The minimum atomic E-state index is -0.471. The van der Waals surface area contributed by atoms with Gasteiger partial charge in [-0.05, 0) is 24.6 Å². The minimum absolute atomic E-state index is 0.216. The summed E-state index contributed by atoms with van der Waals surface area (Å²) in [5.41, 5.74) is 8.72. The molecule has 1 atom stereocenters. The van der Waals surface area contributed by atoms with E-state index in [1.54, 1.807) is 12.1 Å². The molecule has 1 aliphatic heterocycles. The van der Waals surface area contributed by atoms with E-state index in [9.17, 15) is 9.59 Å². The quantitative estimate of drug-likeness (QED) is 0.784. The van der Waals surface area contributed by atoms with Gasteiger partial charge in [0.15, 0.2) is 0 Å². The number of fused-ring (bicyclic) bond motifs is 1. The number of carbonyl (C=O) groups is 2. The molecule has 0 radical (unpaired) electrons. The van der Waals surface area contributed by atoms with Crippen molar-refractivity contribution in [3.05, 3.63) is 51.4 Å². The molecule has 1 aliphatic rings. The number of hydrogen-bond donors (Lipinski definition) is 3. The third-order valence-electron chi connectivity index (χ3n) is 4.14. The largest absolute Gasteiger partial charge is 0.365 e. The number of rotatable bonds is 3. The maximum Gasteiger partial charge on any atom is 0.256 e. The number of likely N-dealkylation sites (N-methyl/N-ethyl adjacent to an activating group) is 1. The molecule has 2 amide bonds. The van der Waals surface area contributed by atoms with Crippen molar-refractivity contribution in [1.29, 1.82) is 0 Å². The summed E-state index contributed by atoms with van der Waals surface area (Å²) in [5, 5.41) is 3.44. The van der Waals surface area contributed by atoms with Gasteiger partial charge in [0.2, 0.25) is 0 Å². The van der Waals surface area contributed by atoms with Crippen molar-refractivity contribution in [3.63, 3.8) is 0 Å². The first-order valence-electron chi connectivity index (χ1n) is 7.59. The van der Waals surface area contributed by atoms with E-state index in [0.717, 1.165) is 35.5 Å². The SMILES string of the molecule is Cc1ccc(C(=O)Nc2sc3c(c2C(N)=O)CC[NH+](C)C3)cc1. The van der Waals surface area contributed by atoms with Crippen LogP contribution in [0.3, 0.4) is 0 Å². The summed E-state index contributed by atoms with van der Waals surface area (Å²) in [7, 11) is 2.12. The van der Waals surface area contributed by atoms with Crippen molar-refractivity contribution >= 4 is 28.2 Å². The second-order valence-electron chi connectivity index (χ2n) is 6.03. The van der Waals surface area contributed by atoms with Crippen LogP contribution in [0.5, 0.6) is 0 Å². The summed E-state index contributed by atoms with van der Waals surface area (Å²) in [6, 6.07) is 7.34. The van der Waals surface area contributed by atoms with E-state index in [1.165, 1.54) is 16.2 Å². The van der Waals surface area contributed by atoms with Crippen LogP contribution in [-0.4, -0.2) is 25.4 Å². The average Bonchev–Trinajstić information content (AvgIpc) is 2.84. The van der Waals surface area contributed by atoms with E-state index in [0.29, 0.717) is 16.1 Å². The first-order valence-corrected chi connectivity index (χ1v) is 8.41. The smallest absolute Gasteiger partial charge is 0.256 e. The molecular weight excluding hydrogens is 310 g/mol. The Labute approximate surface area is 139 Å². The molecule has 0 saturated carbocycles. The minimum Gasteiger partial charge on any atom is -0.365 e. The summed E-state index contributed by atoms with van der Waals surface area (Å²) in [4.78, 5) is 26.8. The van der Waals surface area contributed by atoms with Crippen molar-refractivity contribution in [2.45, 2.75) is 19.9 Å². The number of benzene rings is 1. The van der Waals surface area contributed by atoms with E-state index in [1.807, 2.05) is 19.1 Å². The van der Waals surface area contributed by atoms with Gasteiger partial charge in [0.05, 0.1) is 24.0 Å². The molecule has 120 valence electrons. The van der Waals surface area contributed by atoms with Gasteiger partial charge in [-0.25, -0.2) is 0 Å². The Hall–Kier alpha value is -2.18. The van der Waals surface area contributed by atoms with E-state index >= 15 is 0 Å². The molecule has 3 rings (SSSR count). The van der Waals surface area contributed by atoms with Gasteiger partial charge in [-0.15, -0.1) is 11.3 Å². The molecular formula is C17H20N3O2S+. The van der Waals surface area contributed by atoms with Crippen molar-refractivity contribution in [3.8, 4) is 0 Å². The first-order chi connectivity index (χ1) is 11.0. The van der Waals surface area contributed by atoms with Gasteiger partial charge in [0.1, 0.15) is 11.5 Å². The summed E-state index contributed by atoms with van der Waals surface area (Å²) in [6.45, 7) is 3.80. The third kappa shape index (κ3) is 3.13. The fraction of sp³-hybridized carbons (Fsp3) is 0.294. The Morgan fingerprint density at radius 3 is 2.61 bits per heavy atom. The molecule has 0 spiro atoms. The van der Waals surface area contributed by atoms with Gasteiger partial charge in [-0.1, -0.05) is 17.7 Å². The monoisotopic (exact) mass is 330 g/mol. The first kappa shape index (κ1) is 15.7. The number of thiophene rings is 1. The molecule has 1 aromatic heterocycles. The molecule has 0 bridgehead atoms. The second kappa shape index (κ2) is 6.14. The zero-order valence-corrected chi connectivity index (χ0v) is 14.0. The maximum absolute atomic E-state index is 12.4. The second-order valence-corrected chi connectivity index (χ2v) is 7.13. The van der Waals surface area contributed by atoms with Crippen LogP contribution in [0, 0.1) is 6.92 Å². The fourth-order valence-electron chi connectivity index (χ4n) is 2.85. The number of hydrogen-bond acceptors (Lipinski definition) is 3. The number of nitrogens with two attached hydrogens (primary N) is 1. The van der Waals surface area contributed by atoms with E-state index < -0.39 is 5.91 Å². The number of nitrogens with one attached hydrogen (secondary N) is 2. The lowest BCUT2D eigenvalue weighted by Gasteiger charge is -2.19. The molecule has 0 fully saturated rings. The van der Waals surface area contributed by atoms with Gasteiger partial charge < -0.3 is 16.0 Å². The van der Waals surface area contributed by atoms with Crippen LogP contribution < -0.4 is 16.0 Å². The zero-order valence-electron chi connectivity index (χ0n) is 13.2. The summed E-state index contributed by atoms with van der Waals surface area (Å²) >= 11 is 1.47. The average molecular weight is 330 g/mol. The molecule has 5 nitrogen and oxygen atoms in total. The lowest BCUT2D eigenvalue weighted by molar-refractivity contribution is -0.895. The van der Waals surface area contributed by atoms with Crippen LogP contribution in [-0.2, 0) is 13.0 Å². The van der Waals surface area contributed by atoms with Crippen LogP contribution in [0.4, 0.5) is 5.00 Å². The Morgan fingerprint density at radius 2 is 1.96 bits per heavy atom. The van der Waals surface area contributed by atoms with E-state index in [2.05, 4.69) is 12.4 Å². The van der Waals surface area contributed by atoms with E-state index in [4.69, 9.17) is 5.73 Å². The molecule has 6 heteroatoms. The number of primary amides is 1. The zero-order chi connectivity index (χ0) is 16.6. The van der Waals surface area contributed by atoms with Crippen molar-refractivity contribution in [2.75, 3.05) is 18.9 Å². The van der Waals surface area contributed by atoms with Gasteiger partial charge in [-0.3, -0.25) is 9.59 Å². The highest BCUT2D eigenvalue weighted by Gasteiger charge is 2.28. The van der Waals surface area contributed by atoms with Crippen LogP contribution in [0.2, 0.25) is 0 Å². The van der Waals surface area contributed by atoms with Crippen LogP contribution >= 0.6 is 11.3 Å². The molecule has 0 aliphatic carbocycles. The fourth-order valence-corrected chi connectivity index (χ4v) is 4.21. The highest BCUT2D eigenvalue weighted by Crippen LogP contribution is 2.34. The number of carbonyl (C=O) groups excluding carboxylic acids is 2. The van der Waals surface area contributed by atoms with Gasteiger partial charge in [0.25, 0.3) is 11.8 Å². The Morgan fingerprint density at radius 1 is 1.26 bits per heavy atom. The van der Waals surface area contributed by atoms with E-state index in [-0.39, 0.29) is 5.91 Å². The van der Waals surface area contributed by atoms with Gasteiger partial charge in [-0.2, -0.15) is 0 Å². The van der Waals surface area contributed by atoms with Crippen molar-refractivity contribution < 1.29 is 14.5 Å². The normalized spacial score (nSPS) is 16.7. The number of quaternary nitrogens is 1. The molecule has 0 saturated heterocycles. The molecule has 4 N–H and O–H groups in total. The Kier molecular flexibility index (Phi) is 4.19. The Balaban J connectivity index is 1.92. The molecule has 2 aromatic rings. The van der Waals surface area contributed by atoms with Gasteiger partial charge in [0, 0.05) is 12.0 Å². The van der Waals surface area contributed by atoms with Crippen molar-refractivity contribution in [1.82, 2.24) is 0 Å². The van der Waals surface area contributed by atoms with Gasteiger partial charge >= 0.3 is 0 Å². The molecule has 1 unspecified atom stereocenters. The Bertz CT molecular complexity index is 765. The van der Waals surface area contributed by atoms with Crippen LogP contribution in [0.25, 0.3) is 0 Å². The van der Waals surface area contributed by atoms with Crippen LogP contribution in [0.15, 0.2) is 24.3 Å². The molecule has 23 heavy (non-hydrogen) atoms. The van der Waals surface area contributed by atoms with Crippen LogP contribution in [0.1, 0.15) is 36.7 Å². The summed E-state index contributed by atoms with van der Waals surface area (Å²) in [5.74, 6) is -0.687. The predicted molar refractivity (Wildman–Crippen MR) is 91.1 cm³/mol. The number of anilines is 1. The predicted octanol–water partition coefficient (Wildman–Crippen LogP) is 0.979. The highest BCUT2D eigenvalue weighted by molar-refractivity contribution is 7.17. The third-order valence-corrected chi connectivity index (χ3v) is 5.29. The summed E-state index contributed by atoms with van der Waals surface area (Å²) in [6.07, 6.45) is 0.816. The summed E-state index contributed by atoms with van der Waals surface area (Å²) < 4.78 is 0. The lowest BCUT2D eigenvalue weighted by Crippen LogP contribution is -3.08. The number of aryl methyl sites for hydroxylation is 1. The number of amides is 2. The maximum atomic E-state index is 12.4. The molecule has 2 heterocycles. The topological polar surface area (TPSA) is 76.6 Å². The standard InChI is InChI=1S/C17H19N3O2S/c1-10-3-5-11(6-4-10)16(22)19-17-14(15(18)21)12-7-8-20(2)9-13(12)23-17/h3-6H,7-9H2,1-2H3,(H2,18,21)(H,19,22)/p+1. The molecule has 1 aromatic carbocycles. The lowest BCUT2D eigenvalue weighted by atomic mass is 10.0. The van der Waals surface area contributed by atoms with Crippen molar-refractivity contribution in [2.24, 2.45) is 5.73 Å². The highest BCUT2D eigenvalue weighted by atomic mass is 32.1.